The van der Waals surface area contributed by atoms with Crippen LogP contribution in [-0.4, -0.2) is 28.0 Å². The zero-order chi connectivity index (χ0) is 14.0. The van der Waals surface area contributed by atoms with Crippen molar-refractivity contribution in [2.24, 2.45) is 7.05 Å². The Labute approximate surface area is 116 Å². The predicted molar refractivity (Wildman–Crippen MR) is 77.2 cm³/mol. The Morgan fingerprint density at radius 2 is 2.37 bits per heavy atom. The van der Waals surface area contributed by atoms with Crippen LogP contribution in [0.3, 0.4) is 0 Å². The summed E-state index contributed by atoms with van der Waals surface area (Å²) in [5, 5.41) is 8.07. The first kappa shape index (κ1) is 14.5. The molecule has 19 heavy (non-hydrogen) atoms. The topological polar surface area (TPSA) is 39.1 Å². The molecule has 3 atom stereocenters. The Kier molecular flexibility index (Phi) is 4.31. The lowest BCUT2D eigenvalue weighted by Crippen LogP contribution is -2.45. The number of nitrogens with zero attached hydrogens (tertiary/aromatic N) is 2. The van der Waals surface area contributed by atoms with Crippen LogP contribution in [0, 0.1) is 6.92 Å². The Bertz CT molecular complexity index is 429. The molecule has 4 nitrogen and oxygen atoms in total. The minimum absolute atomic E-state index is 0.0413. The molecule has 0 aliphatic carbocycles. The molecular weight excluding hydrogens is 238 g/mol. The molecule has 1 aromatic heterocycles. The average Bonchev–Trinajstić information content (AvgIpc) is 2.70. The summed E-state index contributed by atoms with van der Waals surface area (Å²) in [6, 6.07) is 0.881. The second-order valence-electron chi connectivity index (χ2n) is 6.04. The van der Waals surface area contributed by atoms with Crippen LogP contribution in [0.4, 0.5) is 0 Å². The number of nitrogens with one attached hydrogen (secondary N) is 1. The first-order valence-electron chi connectivity index (χ1n) is 7.33. The molecule has 1 aliphatic heterocycles. The molecule has 0 spiro atoms. The van der Waals surface area contributed by atoms with Gasteiger partial charge in [-0.05, 0) is 40.0 Å². The van der Waals surface area contributed by atoms with Crippen LogP contribution in [-0.2, 0) is 11.8 Å². The van der Waals surface area contributed by atoms with Gasteiger partial charge < -0.3 is 10.1 Å². The summed E-state index contributed by atoms with van der Waals surface area (Å²) in [7, 11) is 1.99. The number of hydrogen-bond acceptors (Lipinski definition) is 3. The van der Waals surface area contributed by atoms with E-state index in [1.165, 1.54) is 11.3 Å². The van der Waals surface area contributed by atoms with E-state index in [2.05, 4.69) is 38.1 Å². The molecule has 3 unspecified atom stereocenters. The van der Waals surface area contributed by atoms with E-state index in [0.717, 1.165) is 25.9 Å². The van der Waals surface area contributed by atoms with Gasteiger partial charge in [-0.25, -0.2) is 0 Å². The van der Waals surface area contributed by atoms with Crippen LogP contribution in [0.25, 0.3) is 0 Å². The number of hydrogen-bond donors (Lipinski definition) is 1. The van der Waals surface area contributed by atoms with Crippen molar-refractivity contribution < 1.29 is 4.74 Å². The second-order valence-corrected chi connectivity index (χ2v) is 6.04. The molecule has 1 N–H and O–H groups in total. The Morgan fingerprint density at radius 1 is 1.63 bits per heavy atom. The van der Waals surface area contributed by atoms with Gasteiger partial charge in [0.25, 0.3) is 0 Å². The molecule has 0 amide bonds. The van der Waals surface area contributed by atoms with E-state index in [-0.39, 0.29) is 5.60 Å². The van der Waals surface area contributed by atoms with Gasteiger partial charge >= 0.3 is 0 Å². The first-order chi connectivity index (χ1) is 8.95. The maximum Gasteiger partial charge on any atom is 0.0666 e. The average molecular weight is 265 g/mol. The number of aryl methyl sites for hydroxylation is 1. The molecule has 2 rings (SSSR count). The van der Waals surface area contributed by atoms with Gasteiger partial charge in [0.05, 0.1) is 11.8 Å². The number of ether oxygens (including phenoxy) is 1. The Hall–Kier alpha value is -0.870. The summed E-state index contributed by atoms with van der Waals surface area (Å²) < 4.78 is 7.84. The van der Waals surface area contributed by atoms with Crippen molar-refractivity contribution in [3.63, 3.8) is 0 Å². The molecular formula is C15H27N3O. The highest BCUT2D eigenvalue weighted by Crippen LogP contribution is 2.29. The summed E-state index contributed by atoms with van der Waals surface area (Å²) in [5.74, 6) is 0. The molecule has 108 valence electrons. The normalized spacial score (nSPS) is 29.4. The highest BCUT2D eigenvalue weighted by atomic mass is 16.5. The Balaban J connectivity index is 1.99. The summed E-state index contributed by atoms with van der Waals surface area (Å²) >= 11 is 0. The molecule has 0 bridgehead atoms. The van der Waals surface area contributed by atoms with E-state index in [1.54, 1.807) is 0 Å². The standard InChI is InChI=1S/C15H27N3O/c1-6-15(4)9-13(7-8-19-15)17-11(2)14-10-16-18(5)12(14)3/h10-11,13,17H,6-9H2,1-5H3. The van der Waals surface area contributed by atoms with Gasteiger partial charge in [-0.3, -0.25) is 4.68 Å². The van der Waals surface area contributed by atoms with Crippen LogP contribution in [0.1, 0.15) is 57.3 Å². The molecule has 2 heterocycles. The van der Waals surface area contributed by atoms with Gasteiger partial charge in [0.1, 0.15) is 0 Å². The maximum absolute atomic E-state index is 5.90. The Morgan fingerprint density at radius 3 is 2.95 bits per heavy atom. The van der Waals surface area contributed by atoms with Crippen molar-refractivity contribution >= 4 is 0 Å². The van der Waals surface area contributed by atoms with Gasteiger partial charge in [0.2, 0.25) is 0 Å². The van der Waals surface area contributed by atoms with Crippen molar-refractivity contribution in [2.45, 2.75) is 64.6 Å². The van der Waals surface area contributed by atoms with Crippen LogP contribution in [0.15, 0.2) is 6.20 Å². The van der Waals surface area contributed by atoms with Gasteiger partial charge in [-0.2, -0.15) is 5.10 Å². The SMILES string of the molecule is CCC1(C)CC(NC(C)c2cnn(C)c2C)CCO1. The molecule has 4 heteroatoms. The van der Waals surface area contributed by atoms with E-state index in [9.17, 15) is 0 Å². The van der Waals surface area contributed by atoms with Crippen molar-refractivity contribution in [3.8, 4) is 0 Å². The maximum atomic E-state index is 5.90. The minimum Gasteiger partial charge on any atom is -0.375 e. The number of rotatable bonds is 4. The molecule has 1 fully saturated rings. The fourth-order valence-electron chi connectivity index (χ4n) is 2.90. The third kappa shape index (κ3) is 3.18. The smallest absolute Gasteiger partial charge is 0.0666 e. The first-order valence-corrected chi connectivity index (χ1v) is 7.33. The zero-order valence-electron chi connectivity index (χ0n) is 12.9. The van der Waals surface area contributed by atoms with E-state index < -0.39 is 0 Å². The predicted octanol–water partition coefficient (Wildman–Crippen LogP) is 2.73. The van der Waals surface area contributed by atoms with Crippen molar-refractivity contribution in [2.75, 3.05) is 6.61 Å². The summed E-state index contributed by atoms with van der Waals surface area (Å²) in [6.45, 7) is 9.64. The molecule has 1 aromatic rings. The van der Waals surface area contributed by atoms with Crippen molar-refractivity contribution in [1.82, 2.24) is 15.1 Å². The van der Waals surface area contributed by atoms with E-state index in [4.69, 9.17) is 4.74 Å². The fourth-order valence-corrected chi connectivity index (χ4v) is 2.90. The van der Waals surface area contributed by atoms with Gasteiger partial charge in [-0.15, -0.1) is 0 Å². The molecule has 0 radical (unpaired) electrons. The lowest BCUT2D eigenvalue weighted by molar-refractivity contribution is -0.0789. The van der Waals surface area contributed by atoms with E-state index in [1.807, 2.05) is 17.9 Å². The monoisotopic (exact) mass is 265 g/mol. The molecule has 0 aromatic carbocycles. The van der Waals surface area contributed by atoms with Gasteiger partial charge in [0, 0.05) is 37.0 Å². The third-order valence-electron chi connectivity index (χ3n) is 4.57. The van der Waals surface area contributed by atoms with Crippen LogP contribution >= 0.6 is 0 Å². The summed E-state index contributed by atoms with van der Waals surface area (Å²) in [6.07, 6.45) is 5.24. The molecule has 1 saturated heterocycles. The summed E-state index contributed by atoms with van der Waals surface area (Å²) in [4.78, 5) is 0. The van der Waals surface area contributed by atoms with Crippen LogP contribution in [0.5, 0.6) is 0 Å². The van der Waals surface area contributed by atoms with Crippen LogP contribution < -0.4 is 5.32 Å². The van der Waals surface area contributed by atoms with E-state index >= 15 is 0 Å². The lowest BCUT2D eigenvalue weighted by atomic mass is 9.89. The zero-order valence-corrected chi connectivity index (χ0v) is 12.9. The largest absolute Gasteiger partial charge is 0.375 e. The molecule has 1 aliphatic rings. The van der Waals surface area contributed by atoms with Gasteiger partial charge in [0.15, 0.2) is 0 Å². The molecule has 0 saturated carbocycles. The lowest BCUT2D eigenvalue weighted by Gasteiger charge is -2.39. The third-order valence-corrected chi connectivity index (χ3v) is 4.57. The quantitative estimate of drug-likeness (QED) is 0.910. The summed E-state index contributed by atoms with van der Waals surface area (Å²) in [5.41, 5.74) is 2.58. The van der Waals surface area contributed by atoms with Crippen LogP contribution in [0.2, 0.25) is 0 Å². The highest BCUT2D eigenvalue weighted by Gasteiger charge is 2.32. The minimum atomic E-state index is 0.0413. The van der Waals surface area contributed by atoms with E-state index in [0.29, 0.717) is 12.1 Å². The number of aromatic nitrogens is 2. The second kappa shape index (κ2) is 5.63. The van der Waals surface area contributed by atoms with Crippen molar-refractivity contribution in [3.05, 3.63) is 17.5 Å². The fraction of sp³-hybridized carbons (Fsp3) is 0.800. The van der Waals surface area contributed by atoms with Gasteiger partial charge in [-0.1, -0.05) is 6.92 Å². The van der Waals surface area contributed by atoms with Crippen molar-refractivity contribution in [1.29, 1.82) is 0 Å². The highest BCUT2D eigenvalue weighted by molar-refractivity contribution is 5.19.